The first-order valence-electron chi connectivity index (χ1n) is 5.45. The van der Waals surface area contributed by atoms with Crippen molar-refractivity contribution in [3.05, 3.63) is 41.5 Å². The van der Waals surface area contributed by atoms with Gasteiger partial charge in [0, 0.05) is 12.0 Å². The molecule has 0 saturated carbocycles. The van der Waals surface area contributed by atoms with Gasteiger partial charge in [0.2, 0.25) is 0 Å². The molecule has 0 radical (unpaired) electrons. The summed E-state index contributed by atoms with van der Waals surface area (Å²) < 4.78 is 14.6. The molecule has 6 nitrogen and oxygen atoms in total. The summed E-state index contributed by atoms with van der Waals surface area (Å²) >= 11 is 0. The topological polar surface area (TPSA) is 81.1 Å². The second-order valence-corrected chi connectivity index (χ2v) is 3.55. The summed E-state index contributed by atoms with van der Waals surface area (Å²) in [4.78, 5) is 0. The van der Waals surface area contributed by atoms with Crippen molar-refractivity contribution in [2.75, 3.05) is 11.3 Å². The molecule has 1 aromatic carbocycles. The van der Waals surface area contributed by atoms with Crippen molar-refractivity contribution in [3.8, 4) is 0 Å². The molecule has 0 spiro atoms. The van der Waals surface area contributed by atoms with Crippen LogP contribution >= 0.6 is 12.4 Å². The number of rotatable bonds is 4. The van der Waals surface area contributed by atoms with E-state index in [1.807, 2.05) is 6.92 Å². The Balaban J connectivity index is 0.00000180. The fourth-order valence-corrected chi connectivity index (χ4v) is 1.38. The maximum Gasteiger partial charge on any atom is 0.263 e. The monoisotopic (exact) mass is 284 g/mol. The van der Waals surface area contributed by atoms with Gasteiger partial charge in [-0.1, -0.05) is 25.1 Å². The number of nitrogen functional groups attached to an aromatic ring is 1. The smallest absolute Gasteiger partial charge is 0.263 e. The van der Waals surface area contributed by atoms with Crippen molar-refractivity contribution in [1.82, 2.24) is 14.9 Å². The summed E-state index contributed by atoms with van der Waals surface area (Å²) in [6, 6.07) is 6.32. The molecule has 19 heavy (non-hydrogen) atoms. The van der Waals surface area contributed by atoms with Crippen molar-refractivity contribution in [1.29, 1.82) is 0 Å². The van der Waals surface area contributed by atoms with Gasteiger partial charge in [0.05, 0.1) is 6.21 Å². The van der Waals surface area contributed by atoms with Crippen LogP contribution in [0.25, 0.3) is 0 Å². The van der Waals surface area contributed by atoms with Gasteiger partial charge in [0.1, 0.15) is 5.82 Å². The molecule has 0 unspecified atom stereocenters. The number of benzene rings is 1. The van der Waals surface area contributed by atoms with Gasteiger partial charge in [-0.15, -0.1) is 22.6 Å². The Kier molecular flexibility index (Phi) is 5.25. The summed E-state index contributed by atoms with van der Waals surface area (Å²) in [5, 5.41) is 11.5. The van der Waals surface area contributed by atoms with E-state index in [-0.39, 0.29) is 18.2 Å². The lowest BCUT2D eigenvalue weighted by molar-refractivity contribution is 0.626. The fourth-order valence-electron chi connectivity index (χ4n) is 1.38. The van der Waals surface area contributed by atoms with Crippen molar-refractivity contribution < 1.29 is 4.39 Å². The molecule has 0 fully saturated rings. The van der Waals surface area contributed by atoms with Crippen molar-refractivity contribution in [2.45, 2.75) is 13.3 Å². The molecule has 0 saturated heterocycles. The average molecular weight is 285 g/mol. The van der Waals surface area contributed by atoms with Crippen molar-refractivity contribution in [3.63, 3.8) is 0 Å². The van der Waals surface area contributed by atoms with Crippen LogP contribution in [-0.2, 0) is 6.42 Å². The number of hydrogen-bond acceptors (Lipinski definition) is 5. The average Bonchev–Trinajstić information content (AvgIpc) is 2.73. The normalized spacial score (nSPS) is 10.4. The molecule has 102 valence electrons. The van der Waals surface area contributed by atoms with Crippen LogP contribution in [0, 0.1) is 5.82 Å². The predicted octanol–water partition coefficient (Wildman–Crippen LogP) is 1.56. The van der Waals surface area contributed by atoms with Crippen LogP contribution in [0.15, 0.2) is 29.4 Å². The third kappa shape index (κ3) is 3.41. The number of anilines is 1. The molecular weight excluding hydrogens is 271 g/mol. The highest BCUT2D eigenvalue weighted by atomic mass is 35.5. The number of hydrogen-bond donors (Lipinski definition) is 2. The molecule has 8 heteroatoms. The van der Waals surface area contributed by atoms with Gasteiger partial charge in [0.15, 0.2) is 5.82 Å². The van der Waals surface area contributed by atoms with Crippen molar-refractivity contribution in [2.24, 2.45) is 5.10 Å². The first-order valence-corrected chi connectivity index (χ1v) is 5.45. The van der Waals surface area contributed by atoms with Gasteiger partial charge < -0.3 is 5.84 Å². The standard InChI is InChI=1S/C11H13FN6.ClH/c1-2-10-15-17-11(18(10)13)16-14-7-8-5-3-4-6-9(8)12;/h3-7H,2,13H2,1H3,(H,16,17);1H/b14-7+;. The van der Waals surface area contributed by atoms with E-state index in [2.05, 4.69) is 20.7 Å². The second kappa shape index (κ2) is 6.69. The summed E-state index contributed by atoms with van der Waals surface area (Å²) in [5.74, 6) is 6.31. The Hall–Kier alpha value is -2.15. The lowest BCUT2D eigenvalue weighted by Crippen LogP contribution is -2.14. The molecule has 0 aliphatic rings. The van der Waals surface area contributed by atoms with Gasteiger partial charge in [-0.05, 0) is 6.07 Å². The number of nitrogens with two attached hydrogens (primary N) is 1. The maximum atomic E-state index is 13.3. The van der Waals surface area contributed by atoms with E-state index in [0.717, 1.165) is 0 Å². The van der Waals surface area contributed by atoms with Gasteiger partial charge >= 0.3 is 0 Å². The Morgan fingerprint density at radius 3 is 2.79 bits per heavy atom. The Morgan fingerprint density at radius 1 is 1.42 bits per heavy atom. The highest BCUT2D eigenvalue weighted by molar-refractivity contribution is 5.85. The molecule has 3 N–H and O–H groups in total. The number of aryl methyl sites for hydroxylation is 1. The number of halogens is 2. The van der Waals surface area contributed by atoms with Crippen LogP contribution < -0.4 is 11.3 Å². The van der Waals surface area contributed by atoms with Gasteiger partial charge in [-0.3, -0.25) is 0 Å². The lowest BCUT2D eigenvalue weighted by atomic mass is 10.2. The predicted molar refractivity (Wildman–Crippen MR) is 74.4 cm³/mol. The molecule has 0 amide bonds. The van der Waals surface area contributed by atoms with E-state index in [4.69, 9.17) is 5.84 Å². The summed E-state index contributed by atoms with van der Waals surface area (Å²) in [6.07, 6.45) is 2.03. The SMILES string of the molecule is CCc1nnc(N/N=C/c2ccccc2F)n1N.Cl. The number of hydrazone groups is 1. The van der Waals surface area contributed by atoms with Gasteiger partial charge in [-0.2, -0.15) is 5.10 Å². The van der Waals surface area contributed by atoms with Crippen LogP contribution in [0.3, 0.4) is 0 Å². The molecule has 2 aromatic rings. The zero-order chi connectivity index (χ0) is 13.0. The van der Waals surface area contributed by atoms with Crippen LogP contribution in [0.2, 0.25) is 0 Å². The minimum Gasteiger partial charge on any atom is -0.335 e. The van der Waals surface area contributed by atoms with E-state index >= 15 is 0 Å². The second-order valence-electron chi connectivity index (χ2n) is 3.55. The van der Waals surface area contributed by atoms with E-state index in [1.54, 1.807) is 18.2 Å². The third-order valence-electron chi connectivity index (χ3n) is 2.36. The third-order valence-corrected chi connectivity index (χ3v) is 2.36. The zero-order valence-corrected chi connectivity index (χ0v) is 11.1. The fraction of sp³-hybridized carbons (Fsp3) is 0.182. The first kappa shape index (κ1) is 14.9. The first-order chi connectivity index (χ1) is 8.72. The number of nitrogens with one attached hydrogen (secondary N) is 1. The summed E-state index contributed by atoms with van der Waals surface area (Å²) in [7, 11) is 0. The highest BCUT2D eigenvalue weighted by Gasteiger charge is 2.05. The quantitative estimate of drug-likeness (QED) is 0.507. The minimum absolute atomic E-state index is 0. The van der Waals surface area contributed by atoms with Crippen molar-refractivity contribution >= 4 is 24.6 Å². The van der Waals surface area contributed by atoms with Crippen LogP contribution in [0.1, 0.15) is 18.3 Å². The summed E-state index contributed by atoms with van der Waals surface area (Å²) in [6.45, 7) is 1.92. The van der Waals surface area contributed by atoms with Gasteiger partial charge in [-0.25, -0.2) is 14.5 Å². The Morgan fingerprint density at radius 2 is 2.16 bits per heavy atom. The highest BCUT2D eigenvalue weighted by Crippen LogP contribution is 2.05. The molecule has 1 heterocycles. The Bertz CT molecular complexity index is 568. The molecule has 0 bridgehead atoms. The van der Waals surface area contributed by atoms with Crippen LogP contribution in [0.4, 0.5) is 10.3 Å². The molecule has 0 atom stereocenters. The number of aromatic nitrogens is 3. The lowest BCUT2D eigenvalue weighted by Gasteiger charge is -2.00. The van der Waals surface area contributed by atoms with E-state index in [0.29, 0.717) is 23.8 Å². The molecule has 0 aliphatic heterocycles. The summed E-state index contributed by atoms with van der Waals surface area (Å²) in [5.41, 5.74) is 2.99. The van der Waals surface area contributed by atoms with E-state index in [1.165, 1.54) is 17.0 Å². The van der Waals surface area contributed by atoms with Crippen LogP contribution in [-0.4, -0.2) is 21.1 Å². The molecule has 0 aliphatic carbocycles. The van der Waals surface area contributed by atoms with Gasteiger partial charge in [0.25, 0.3) is 5.95 Å². The maximum absolute atomic E-state index is 13.3. The molecule has 2 rings (SSSR count). The minimum atomic E-state index is -0.341. The number of nitrogens with zero attached hydrogens (tertiary/aromatic N) is 4. The van der Waals surface area contributed by atoms with Crippen LogP contribution in [0.5, 0.6) is 0 Å². The van der Waals surface area contributed by atoms with E-state index in [9.17, 15) is 4.39 Å². The van der Waals surface area contributed by atoms with E-state index < -0.39 is 0 Å². The zero-order valence-electron chi connectivity index (χ0n) is 10.2. The molecular formula is C11H14ClFN6. The molecule has 1 aromatic heterocycles. The Labute approximate surface area is 115 Å². The largest absolute Gasteiger partial charge is 0.335 e.